The zero-order chi connectivity index (χ0) is 42.7. The molecule has 0 saturated carbocycles. The van der Waals surface area contributed by atoms with E-state index < -0.39 is 105 Å². The molecule has 3 heterocycles. The van der Waals surface area contributed by atoms with Crippen LogP contribution >= 0.6 is 7.82 Å². The van der Waals surface area contributed by atoms with Crippen LogP contribution in [0.15, 0.2) is 11.5 Å². The maximum atomic E-state index is 13.2. The summed E-state index contributed by atoms with van der Waals surface area (Å²) in [5, 5.41) is 32.3. The first-order valence-electron chi connectivity index (χ1n) is 20.6. The van der Waals surface area contributed by atoms with Gasteiger partial charge in [-0.1, -0.05) is 90.4 Å². The zero-order valence-electron chi connectivity index (χ0n) is 33.4. The van der Waals surface area contributed by atoms with Gasteiger partial charge in [-0.25, -0.2) is 14.2 Å². The van der Waals surface area contributed by atoms with E-state index in [0.29, 0.717) is 12.8 Å². The van der Waals surface area contributed by atoms with Gasteiger partial charge in [0.2, 0.25) is 23.8 Å². The van der Waals surface area contributed by atoms with Gasteiger partial charge in [-0.15, -0.1) is 0 Å². The van der Waals surface area contributed by atoms with Crippen LogP contribution in [0, 0.1) is 0 Å². The summed E-state index contributed by atoms with van der Waals surface area (Å²) in [4.78, 5) is 96.1. The van der Waals surface area contributed by atoms with E-state index in [1.807, 2.05) is 0 Å². The molecule has 0 aromatic rings. The first-order chi connectivity index (χ1) is 27.6. The van der Waals surface area contributed by atoms with E-state index in [4.69, 9.17) is 24.0 Å². The van der Waals surface area contributed by atoms with Crippen LogP contribution in [0.1, 0.15) is 129 Å². The lowest BCUT2D eigenvalue weighted by molar-refractivity contribution is -0.167. The Labute approximate surface area is 339 Å². The second-order valence-electron chi connectivity index (χ2n) is 15.1. The number of likely N-dealkylation sites (tertiary alicyclic amines) is 2. The molecule has 0 bridgehead atoms. The third-order valence-electron chi connectivity index (χ3n) is 10.4. The van der Waals surface area contributed by atoms with Crippen molar-refractivity contribution in [1.29, 1.82) is 0 Å². The number of phosphoric acid groups is 1. The van der Waals surface area contributed by atoms with Gasteiger partial charge in [-0.3, -0.25) is 29.0 Å². The number of hydrogen-bond donors (Lipinski definition) is 6. The molecular formula is C38H62N3O16P. The number of unbranched alkanes of at least 4 members (excludes halogenated alkanes) is 13. The number of hydrogen-bond acceptors (Lipinski definition) is 13. The summed E-state index contributed by atoms with van der Waals surface area (Å²) < 4.78 is 31.7. The molecule has 5 atom stereocenters. The number of amides is 3. The summed E-state index contributed by atoms with van der Waals surface area (Å²) in [6.07, 6.45) is 11.8. The van der Waals surface area contributed by atoms with Gasteiger partial charge in [0.15, 0.2) is 11.9 Å². The van der Waals surface area contributed by atoms with Crippen molar-refractivity contribution >= 4 is 43.5 Å². The number of aliphatic carboxylic acids is 1. The summed E-state index contributed by atoms with van der Waals surface area (Å²) in [5.74, 6) is -7.72. The quantitative estimate of drug-likeness (QED) is 0.0375. The van der Waals surface area contributed by atoms with E-state index in [0.717, 1.165) is 30.6 Å². The fraction of sp³-hybridized carbons (Fsp3) is 0.789. The highest BCUT2D eigenvalue weighted by molar-refractivity contribution is 7.46. The number of aliphatic hydroxyl groups is 2. The number of phosphoric ester groups is 1. The third kappa shape index (κ3) is 16.5. The van der Waals surface area contributed by atoms with Gasteiger partial charge in [0.25, 0.3) is 5.76 Å². The summed E-state index contributed by atoms with van der Waals surface area (Å²) in [6.45, 7) is 1.58. The van der Waals surface area contributed by atoms with Crippen LogP contribution in [0.2, 0.25) is 0 Å². The molecule has 20 heteroatoms. The van der Waals surface area contributed by atoms with Gasteiger partial charge in [0.05, 0.1) is 25.7 Å². The standard InChI is InChI=1S/C38H62N3O16P/c1-2-3-4-5-6-7-8-9-10-11-12-13-14-15-21-54-25-29(34-33(46)35(38(50)56-34)57-58(51,52)53)55-32(45)19-18-30(43)39-23-31(44)40-20-16-17-27(40)36(47)41-24-26(42)22-28(41)37(48)49/h26-29,34,42,46H,2-25H2,1H3,(H,39,43)(H,48,49)(H2,51,52,53). The van der Waals surface area contributed by atoms with Crippen molar-refractivity contribution in [3.05, 3.63) is 11.5 Å². The van der Waals surface area contributed by atoms with Gasteiger partial charge in [0.1, 0.15) is 12.1 Å². The summed E-state index contributed by atoms with van der Waals surface area (Å²) in [5.41, 5.74) is 0. The predicted molar refractivity (Wildman–Crippen MR) is 204 cm³/mol. The fourth-order valence-electron chi connectivity index (χ4n) is 7.31. The molecule has 0 radical (unpaired) electrons. The number of rotatable bonds is 28. The maximum absolute atomic E-state index is 13.2. The third-order valence-corrected chi connectivity index (χ3v) is 10.8. The van der Waals surface area contributed by atoms with Crippen molar-refractivity contribution in [3.63, 3.8) is 0 Å². The van der Waals surface area contributed by atoms with Crippen molar-refractivity contribution in [2.45, 2.75) is 159 Å². The molecule has 3 amide bonds. The van der Waals surface area contributed by atoms with Crippen LogP contribution in [0.4, 0.5) is 0 Å². The fourth-order valence-corrected chi connectivity index (χ4v) is 7.71. The van der Waals surface area contributed by atoms with Crippen LogP contribution in [0.3, 0.4) is 0 Å². The lowest BCUT2D eigenvalue weighted by Crippen LogP contribution is -2.52. The highest BCUT2D eigenvalue weighted by Gasteiger charge is 2.46. The van der Waals surface area contributed by atoms with Crippen molar-refractivity contribution < 1.29 is 77.2 Å². The van der Waals surface area contributed by atoms with Gasteiger partial charge >= 0.3 is 25.7 Å². The monoisotopic (exact) mass is 847 g/mol. The highest BCUT2D eigenvalue weighted by atomic mass is 31.2. The molecule has 5 unspecified atom stereocenters. The Balaban J connectivity index is 1.43. The molecule has 2 saturated heterocycles. The van der Waals surface area contributed by atoms with Crippen LogP contribution in [0.5, 0.6) is 0 Å². The smallest absolute Gasteiger partial charge is 0.505 e. The Morgan fingerprint density at radius 3 is 2.09 bits per heavy atom. The van der Waals surface area contributed by atoms with Crippen molar-refractivity contribution in [1.82, 2.24) is 15.1 Å². The van der Waals surface area contributed by atoms with Crippen LogP contribution in [-0.2, 0) is 52.1 Å². The van der Waals surface area contributed by atoms with Crippen molar-refractivity contribution in [2.75, 3.05) is 32.8 Å². The minimum Gasteiger partial charge on any atom is -0.505 e. The number of carboxylic acid groups (broad SMARTS) is 1. The largest absolute Gasteiger partial charge is 0.525 e. The minimum atomic E-state index is -5.27. The van der Waals surface area contributed by atoms with Crippen LogP contribution in [-0.4, -0.2) is 134 Å². The number of cyclic esters (lactones) is 1. The van der Waals surface area contributed by atoms with Gasteiger partial charge in [-0.05, 0) is 19.3 Å². The number of aliphatic hydroxyl groups excluding tert-OH is 2. The Hall–Kier alpha value is -3.77. The minimum absolute atomic E-state index is 0.122. The van der Waals surface area contributed by atoms with Crippen LogP contribution in [0.25, 0.3) is 0 Å². The molecule has 19 nitrogen and oxygen atoms in total. The molecule has 3 rings (SSSR count). The number of ether oxygens (including phenoxy) is 3. The number of carbonyl (C=O) groups is 6. The number of esters is 2. The van der Waals surface area contributed by atoms with E-state index >= 15 is 0 Å². The van der Waals surface area contributed by atoms with E-state index in [2.05, 4.69) is 16.8 Å². The number of β-amino-alcohol motifs (C(OH)–C–C–N with tert-alkyl or cyclic N) is 1. The van der Waals surface area contributed by atoms with E-state index in [9.17, 15) is 48.7 Å². The molecule has 0 aromatic heterocycles. The summed E-state index contributed by atoms with van der Waals surface area (Å²) in [7, 11) is -5.27. The molecule has 0 aliphatic carbocycles. The summed E-state index contributed by atoms with van der Waals surface area (Å²) in [6, 6.07) is -2.17. The average Bonchev–Trinajstić information content (AvgIpc) is 3.89. The molecule has 6 N–H and O–H groups in total. The van der Waals surface area contributed by atoms with E-state index in [1.165, 1.54) is 62.7 Å². The number of carboxylic acids is 1. The molecule has 3 aliphatic rings. The Morgan fingerprint density at radius 2 is 1.50 bits per heavy atom. The molecule has 0 aromatic carbocycles. The maximum Gasteiger partial charge on any atom is 0.525 e. The second-order valence-corrected chi connectivity index (χ2v) is 16.2. The Bertz CT molecular complexity index is 1470. The lowest BCUT2D eigenvalue weighted by atomic mass is 10.0. The molecule has 58 heavy (non-hydrogen) atoms. The number of nitrogens with one attached hydrogen (secondary N) is 1. The first kappa shape index (κ1) is 48.6. The predicted octanol–water partition coefficient (Wildman–Crippen LogP) is 3.13. The van der Waals surface area contributed by atoms with Gasteiger partial charge in [-0.2, -0.15) is 0 Å². The van der Waals surface area contributed by atoms with E-state index in [-0.39, 0.29) is 39.1 Å². The number of carbonyl (C=O) groups excluding carboxylic acids is 5. The van der Waals surface area contributed by atoms with Gasteiger partial charge in [0, 0.05) is 32.5 Å². The number of nitrogens with zero attached hydrogens (tertiary/aromatic N) is 2. The second kappa shape index (κ2) is 25.0. The molecule has 2 fully saturated rings. The zero-order valence-corrected chi connectivity index (χ0v) is 34.3. The molecule has 3 aliphatic heterocycles. The van der Waals surface area contributed by atoms with Crippen molar-refractivity contribution in [2.24, 2.45) is 0 Å². The average molecular weight is 848 g/mol. The molecular weight excluding hydrogens is 785 g/mol. The Kier molecular flexibility index (Phi) is 20.9. The van der Waals surface area contributed by atoms with E-state index in [1.54, 1.807) is 0 Å². The molecule has 0 spiro atoms. The lowest BCUT2D eigenvalue weighted by Gasteiger charge is -2.30. The van der Waals surface area contributed by atoms with Gasteiger partial charge < -0.3 is 49.2 Å². The van der Waals surface area contributed by atoms with Crippen molar-refractivity contribution in [3.8, 4) is 0 Å². The SMILES string of the molecule is CCCCCCCCCCCCCCCCOCC(OC(=O)CCC(=O)NCC(=O)N1CCCC1C(=O)N1CC(O)CC1C(=O)O)C1OC(=O)C(OP(=O)(O)O)=C1O. The summed E-state index contributed by atoms with van der Waals surface area (Å²) >= 11 is 0. The Morgan fingerprint density at radius 1 is 0.897 bits per heavy atom. The highest BCUT2D eigenvalue weighted by Crippen LogP contribution is 2.42. The first-order valence-corrected chi connectivity index (χ1v) is 22.1. The topological polar surface area (TPSA) is 276 Å². The normalized spacial score (nSPS) is 21.3. The molecule has 330 valence electrons. The van der Waals surface area contributed by atoms with Crippen LogP contribution < -0.4 is 5.32 Å².